The van der Waals surface area contributed by atoms with Crippen molar-refractivity contribution in [2.24, 2.45) is 5.92 Å². The van der Waals surface area contributed by atoms with Crippen molar-refractivity contribution in [3.63, 3.8) is 0 Å². The molecule has 4 rings (SSSR count). The Labute approximate surface area is 181 Å². The van der Waals surface area contributed by atoms with Crippen molar-refractivity contribution in [2.45, 2.75) is 57.4 Å². The molecule has 1 saturated carbocycles. The van der Waals surface area contributed by atoms with E-state index in [0.29, 0.717) is 34.7 Å². The standard InChI is InChI=1S/C22H27ClN4OS/c23-20-10-18(7-6-17(20)11-24)27(12-16-4-2-1-3-5-16)19-8-9-26(13-19)22(28)21-14-29-15-25-21/h10,14-16,19H,1-9,12-13H2/t19-/m0/s1. The lowest BCUT2D eigenvalue weighted by atomic mass is 9.88. The first-order valence-corrected chi connectivity index (χ1v) is 11.9. The normalized spacial score (nSPS) is 23.1. The van der Waals surface area contributed by atoms with Crippen LogP contribution in [0.4, 0.5) is 0 Å². The Kier molecular flexibility index (Phi) is 6.56. The summed E-state index contributed by atoms with van der Waals surface area (Å²) in [6, 6.07) is 2.53. The molecule has 2 aliphatic carbocycles. The number of hydrogen-bond donors (Lipinski definition) is 0. The Balaban J connectivity index is 1.52. The molecular formula is C22H27ClN4OS. The molecule has 5 nitrogen and oxygen atoms in total. The topological polar surface area (TPSA) is 60.2 Å². The zero-order valence-electron chi connectivity index (χ0n) is 16.6. The van der Waals surface area contributed by atoms with Crippen LogP contribution < -0.4 is 0 Å². The van der Waals surface area contributed by atoms with Crippen molar-refractivity contribution >= 4 is 28.8 Å². The van der Waals surface area contributed by atoms with Gasteiger partial charge in [-0.1, -0.05) is 30.9 Å². The third-order valence-corrected chi connectivity index (χ3v) is 7.36. The van der Waals surface area contributed by atoms with E-state index in [1.165, 1.54) is 49.1 Å². The van der Waals surface area contributed by atoms with Gasteiger partial charge in [0.1, 0.15) is 5.69 Å². The summed E-state index contributed by atoms with van der Waals surface area (Å²) in [4.78, 5) is 21.4. The number of carbonyl (C=O) groups excluding carboxylic acids is 1. The molecular weight excluding hydrogens is 404 g/mol. The molecule has 1 aromatic heterocycles. The van der Waals surface area contributed by atoms with Crippen LogP contribution in [0.1, 0.15) is 61.9 Å². The molecule has 1 atom stereocenters. The highest BCUT2D eigenvalue weighted by atomic mass is 35.5. The fourth-order valence-corrected chi connectivity index (χ4v) is 5.61. The molecule has 0 unspecified atom stereocenters. The second-order valence-corrected chi connectivity index (χ2v) is 9.42. The van der Waals surface area contributed by atoms with Crippen molar-refractivity contribution in [2.75, 3.05) is 19.6 Å². The highest BCUT2D eigenvalue weighted by Gasteiger charge is 2.34. The van der Waals surface area contributed by atoms with E-state index in [1.54, 1.807) is 5.51 Å². The van der Waals surface area contributed by atoms with Crippen LogP contribution in [0.25, 0.3) is 0 Å². The van der Waals surface area contributed by atoms with Gasteiger partial charge in [-0.25, -0.2) is 4.98 Å². The fourth-order valence-electron chi connectivity index (χ4n) is 4.82. The SMILES string of the molecule is N#CC1=C(Cl)C=C(N(CC2CCCCC2)[C@H]2CCN(C(=O)c3cscn3)C2)CC1. The van der Waals surface area contributed by atoms with Gasteiger partial charge in [0.2, 0.25) is 0 Å². The third kappa shape index (κ3) is 4.67. The number of nitrogens with zero attached hydrogens (tertiary/aromatic N) is 4. The van der Waals surface area contributed by atoms with E-state index in [9.17, 15) is 10.1 Å². The fraction of sp³-hybridized carbons (Fsp3) is 0.591. The van der Waals surface area contributed by atoms with Gasteiger partial charge < -0.3 is 9.80 Å². The number of allylic oxidation sites excluding steroid dienone is 4. The summed E-state index contributed by atoms with van der Waals surface area (Å²) in [5, 5.41) is 11.7. The summed E-state index contributed by atoms with van der Waals surface area (Å²) in [6.07, 6.45) is 11.1. The zero-order chi connectivity index (χ0) is 20.2. The number of nitriles is 1. The monoisotopic (exact) mass is 430 g/mol. The smallest absolute Gasteiger partial charge is 0.273 e. The number of aromatic nitrogens is 1. The minimum atomic E-state index is 0.0358. The maximum atomic E-state index is 12.7. The molecule has 1 amide bonds. The van der Waals surface area contributed by atoms with E-state index < -0.39 is 0 Å². The molecule has 2 fully saturated rings. The number of thiazole rings is 1. The van der Waals surface area contributed by atoms with Gasteiger partial charge in [-0.3, -0.25) is 4.79 Å². The van der Waals surface area contributed by atoms with Gasteiger partial charge in [-0.15, -0.1) is 11.3 Å². The van der Waals surface area contributed by atoms with Gasteiger partial charge in [0.15, 0.2) is 0 Å². The van der Waals surface area contributed by atoms with Crippen molar-refractivity contribution in [1.29, 1.82) is 5.26 Å². The molecule has 1 aliphatic heterocycles. The second-order valence-electron chi connectivity index (χ2n) is 8.30. The molecule has 1 aromatic rings. The largest absolute Gasteiger partial charge is 0.370 e. The lowest BCUT2D eigenvalue weighted by Gasteiger charge is -2.38. The predicted molar refractivity (Wildman–Crippen MR) is 116 cm³/mol. The third-order valence-electron chi connectivity index (χ3n) is 6.44. The summed E-state index contributed by atoms with van der Waals surface area (Å²) in [5.74, 6) is 0.738. The van der Waals surface area contributed by atoms with Crippen LogP contribution in [0.15, 0.2) is 33.3 Å². The van der Waals surface area contributed by atoms with Crippen LogP contribution in [-0.4, -0.2) is 46.4 Å². The van der Waals surface area contributed by atoms with Gasteiger partial charge in [0.05, 0.1) is 16.6 Å². The number of hydrogen-bond acceptors (Lipinski definition) is 5. The van der Waals surface area contributed by atoms with Crippen LogP contribution in [0.5, 0.6) is 0 Å². The van der Waals surface area contributed by atoms with Crippen LogP contribution in [0, 0.1) is 17.2 Å². The molecule has 0 aromatic carbocycles. The highest BCUT2D eigenvalue weighted by molar-refractivity contribution is 7.07. The Morgan fingerprint density at radius 2 is 2.14 bits per heavy atom. The van der Waals surface area contributed by atoms with E-state index >= 15 is 0 Å². The first-order valence-electron chi connectivity index (χ1n) is 10.6. The van der Waals surface area contributed by atoms with Gasteiger partial charge in [-0.05, 0) is 44.1 Å². The van der Waals surface area contributed by atoms with Gasteiger partial charge in [-0.2, -0.15) is 5.26 Å². The summed E-state index contributed by atoms with van der Waals surface area (Å²) in [6.45, 7) is 2.52. The summed E-state index contributed by atoms with van der Waals surface area (Å²) in [7, 11) is 0. The molecule has 0 spiro atoms. The van der Waals surface area contributed by atoms with E-state index in [2.05, 4.69) is 16.0 Å². The van der Waals surface area contributed by atoms with Crippen molar-refractivity contribution in [3.8, 4) is 6.07 Å². The molecule has 2 heterocycles. The molecule has 0 N–H and O–H groups in total. The quantitative estimate of drug-likeness (QED) is 0.664. The maximum absolute atomic E-state index is 12.7. The Morgan fingerprint density at radius 3 is 2.83 bits per heavy atom. The lowest BCUT2D eigenvalue weighted by Crippen LogP contribution is -2.41. The summed E-state index contributed by atoms with van der Waals surface area (Å²) < 4.78 is 0. The van der Waals surface area contributed by atoms with Gasteiger partial charge in [0, 0.05) is 42.3 Å². The average molecular weight is 431 g/mol. The van der Waals surface area contributed by atoms with Crippen LogP contribution in [0.3, 0.4) is 0 Å². The molecule has 29 heavy (non-hydrogen) atoms. The number of halogens is 1. The summed E-state index contributed by atoms with van der Waals surface area (Å²) >= 11 is 7.86. The number of likely N-dealkylation sites (tertiary alicyclic amines) is 1. The van der Waals surface area contributed by atoms with E-state index in [1.807, 2.05) is 16.4 Å². The Hall–Kier alpha value is -1.84. The maximum Gasteiger partial charge on any atom is 0.273 e. The highest BCUT2D eigenvalue weighted by Crippen LogP contribution is 2.34. The first kappa shape index (κ1) is 20.4. The van der Waals surface area contributed by atoms with E-state index in [4.69, 9.17) is 11.6 Å². The molecule has 1 saturated heterocycles. The lowest BCUT2D eigenvalue weighted by molar-refractivity contribution is 0.0772. The average Bonchev–Trinajstić information content (AvgIpc) is 3.45. The van der Waals surface area contributed by atoms with Crippen LogP contribution in [0.2, 0.25) is 0 Å². The number of rotatable bonds is 5. The molecule has 3 aliphatic rings. The van der Waals surface area contributed by atoms with Crippen molar-refractivity contribution in [1.82, 2.24) is 14.8 Å². The van der Waals surface area contributed by atoms with Crippen molar-refractivity contribution < 1.29 is 4.79 Å². The minimum Gasteiger partial charge on any atom is -0.370 e. The van der Waals surface area contributed by atoms with E-state index in [-0.39, 0.29) is 5.91 Å². The van der Waals surface area contributed by atoms with Crippen LogP contribution in [-0.2, 0) is 0 Å². The predicted octanol–water partition coefficient (Wildman–Crippen LogP) is 4.93. The van der Waals surface area contributed by atoms with Gasteiger partial charge >= 0.3 is 0 Å². The Bertz CT molecular complexity index is 835. The first-order chi connectivity index (χ1) is 14.2. The number of amides is 1. The molecule has 154 valence electrons. The Morgan fingerprint density at radius 1 is 1.31 bits per heavy atom. The molecule has 0 bridgehead atoms. The number of carbonyl (C=O) groups is 1. The molecule has 0 radical (unpaired) electrons. The van der Waals surface area contributed by atoms with Crippen molar-refractivity contribution in [3.05, 3.63) is 39.0 Å². The minimum absolute atomic E-state index is 0.0358. The molecule has 7 heteroatoms. The summed E-state index contributed by atoms with van der Waals surface area (Å²) in [5.41, 5.74) is 4.17. The van der Waals surface area contributed by atoms with Crippen LogP contribution >= 0.6 is 22.9 Å². The second kappa shape index (κ2) is 9.32. The van der Waals surface area contributed by atoms with E-state index in [0.717, 1.165) is 32.5 Å². The zero-order valence-corrected chi connectivity index (χ0v) is 18.2. The van der Waals surface area contributed by atoms with Gasteiger partial charge in [0.25, 0.3) is 5.91 Å².